The van der Waals surface area contributed by atoms with Crippen LogP contribution in [0.1, 0.15) is 37.3 Å². The van der Waals surface area contributed by atoms with E-state index >= 15 is 0 Å². The highest BCUT2D eigenvalue weighted by atomic mass is 35.5. The van der Waals surface area contributed by atoms with Crippen LogP contribution in [-0.2, 0) is 4.79 Å². The van der Waals surface area contributed by atoms with Gasteiger partial charge in [-0.2, -0.15) is 10.5 Å². The van der Waals surface area contributed by atoms with Crippen molar-refractivity contribution < 1.29 is 22.2 Å². The van der Waals surface area contributed by atoms with Gasteiger partial charge in [0.05, 0.1) is 29.8 Å². The zero-order valence-corrected chi connectivity index (χ0v) is 19.2. The average Bonchev–Trinajstić information content (AvgIpc) is 3.14. The normalized spacial score (nSPS) is 19.2. The van der Waals surface area contributed by atoms with Gasteiger partial charge >= 0.3 is 5.91 Å². The van der Waals surface area contributed by atoms with Gasteiger partial charge in [-0.3, -0.25) is 9.80 Å². The largest absolute Gasteiger partial charge is 1.00 e. The molecule has 2 aromatic rings. The third kappa shape index (κ3) is 5.21. The van der Waals surface area contributed by atoms with Gasteiger partial charge in [-0.15, -0.1) is 0 Å². The summed E-state index contributed by atoms with van der Waals surface area (Å²) in [5.74, 6) is -0.131. The highest BCUT2D eigenvalue weighted by Crippen LogP contribution is 2.39. The molecule has 30 heavy (non-hydrogen) atoms. The molecule has 0 aliphatic carbocycles. The van der Waals surface area contributed by atoms with E-state index in [9.17, 15) is 4.79 Å². The SMILES string of the molecule is O=C(N[NH+]1CCCCC1)C1=NN(c2ccc(Cl)cc2Cl)[C@H](c2ccc(Cl)cc2)C1.[Cl-]. The standard InChI is InChI=1S/C21H21Cl3N4O.ClH/c22-15-6-4-14(5-7-15)20-13-18(21(29)26-27-10-2-1-3-11-27)25-28(20)19-9-8-16(23)12-17(19)24;/h4-9,12,20H,1-3,10-11,13H2,(H,26,29);1H/t20-;/m0./s1. The van der Waals surface area contributed by atoms with Gasteiger partial charge in [0.2, 0.25) is 0 Å². The number of hydrogen-bond donors (Lipinski definition) is 2. The van der Waals surface area contributed by atoms with Crippen molar-refractivity contribution in [3.63, 3.8) is 0 Å². The Kier molecular flexibility index (Phi) is 7.88. The number of nitrogens with one attached hydrogen (secondary N) is 2. The van der Waals surface area contributed by atoms with Crippen molar-refractivity contribution in [2.24, 2.45) is 5.10 Å². The van der Waals surface area contributed by atoms with Gasteiger partial charge in [0.15, 0.2) is 0 Å². The van der Waals surface area contributed by atoms with E-state index in [0.29, 0.717) is 32.9 Å². The lowest BCUT2D eigenvalue weighted by Gasteiger charge is -2.25. The second-order valence-corrected chi connectivity index (χ2v) is 8.66. The smallest absolute Gasteiger partial charge is 0.312 e. The maximum absolute atomic E-state index is 12.9. The molecule has 0 bridgehead atoms. The van der Waals surface area contributed by atoms with E-state index in [0.717, 1.165) is 36.5 Å². The summed E-state index contributed by atoms with van der Waals surface area (Å²) in [7, 11) is 0. The Hall–Kier alpha value is -1.50. The van der Waals surface area contributed by atoms with Crippen molar-refractivity contribution in [1.29, 1.82) is 0 Å². The molecule has 160 valence electrons. The summed E-state index contributed by atoms with van der Waals surface area (Å²) in [5.41, 5.74) is 5.30. The van der Waals surface area contributed by atoms with Crippen LogP contribution >= 0.6 is 34.8 Å². The molecule has 1 atom stereocenters. The number of piperidine rings is 1. The fraction of sp³-hybridized carbons (Fsp3) is 0.333. The summed E-state index contributed by atoms with van der Waals surface area (Å²) < 4.78 is 0. The maximum atomic E-state index is 12.9. The molecule has 1 fully saturated rings. The monoisotopic (exact) mass is 486 g/mol. The molecule has 0 spiro atoms. The number of hydrogen-bond acceptors (Lipinski definition) is 3. The third-order valence-electron chi connectivity index (χ3n) is 5.33. The molecule has 5 nitrogen and oxygen atoms in total. The molecule has 2 heterocycles. The quantitative estimate of drug-likeness (QED) is 0.677. The average molecular weight is 488 g/mol. The maximum Gasteiger partial charge on any atom is 0.312 e. The van der Waals surface area contributed by atoms with Gasteiger partial charge in [-0.1, -0.05) is 46.9 Å². The third-order valence-corrected chi connectivity index (χ3v) is 6.12. The minimum absolute atomic E-state index is 0. The number of rotatable bonds is 4. The molecule has 2 N–H and O–H groups in total. The van der Waals surface area contributed by atoms with Gasteiger partial charge in [0, 0.05) is 16.5 Å². The van der Waals surface area contributed by atoms with Gasteiger partial charge in [0.25, 0.3) is 0 Å². The Morgan fingerprint density at radius 1 is 1.00 bits per heavy atom. The first-order valence-corrected chi connectivity index (χ1v) is 10.9. The van der Waals surface area contributed by atoms with Crippen LogP contribution in [-0.4, -0.2) is 24.7 Å². The molecular formula is C21H22Cl4N4O. The van der Waals surface area contributed by atoms with Crippen LogP contribution in [0.3, 0.4) is 0 Å². The van der Waals surface area contributed by atoms with Crippen molar-refractivity contribution >= 4 is 52.1 Å². The molecule has 0 aromatic heterocycles. The van der Waals surface area contributed by atoms with Crippen LogP contribution < -0.4 is 27.9 Å². The minimum atomic E-state index is -0.150. The molecule has 2 aliphatic rings. The molecule has 4 rings (SSSR count). The van der Waals surface area contributed by atoms with Crippen molar-refractivity contribution in [1.82, 2.24) is 5.43 Å². The number of carbonyl (C=O) groups excluding carboxylic acids is 1. The van der Waals surface area contributed by atoms with E-state index in [-0.39, 0.29) is 24.4 Å². The van der Waals surface area contributed by atoms with Crippen LogP contribution in [0.15, 0.2) is 47.6 Å². The lowest BCUT2D eigenvalue weighted by Crippen LogP contribution is -3.20. The number of nitrogens with zero attached hydrogens (tertiary/aromatic N) is 2. The first kappa shape index (κ1) is 23.2. The Morgan fingerprint density at radius 3 is 2.33 bits per heavy atom. The number of benzene rings is 2. The van der Waals surface area contributed by atoms with Gasteiger partial charge in [-0.05, 0) is 55.2 Å². The van der Waals surface area contributed by atoms with Crippen LogP contribution in [0, 0.1) is 0 Å². The molecule has 1 amide bonds. The number of halogens is 4. The second-order valence-electron chi connectivity index (χ2n) is 7.38. The van der Waals surface area contributed by atoms with E-state index in [1.165, 1.54) is 6.42 Å². The summed E-state index contributed by atoms with van der Waals surface area (Å²) in [5, 5.41) is 9.28. The molecular weight excluding hydrogens is 466 g/mol. The van der Waals surface area contributed by atoms with Gasteiger partial charge in [-0.25, -0.2) is 5.01 Å². The molecule has 0 unspecified atom stereocenters. The molecule has 0 saturated carbocycles. The fourth-order valence-electron chi connectivity index (χ4n) is 3.82. The Balaban J connectivity index is 0.00000256. The first-order valence-electron chi connectivity index (χ1n) is 9.74. The number of amides is 1. The summed E-state index contributed by atoms with van der Waals surface area (Å²) in [6.07, 6.45) is 3.96. The summed E-state index contributed by atoms with van der Waals surface area (Å²) >= 11 is 18.6. The Morgan fingerprint density at radius 2 is 1.67 bits per heavy atom. The van der Waals surface area contributed by atoms with E-state index in [1.54, 1.807) is 12.1 Å². The predicted molar refractivity (Wildman–Crippen MR) is 118 cm³/mol. The van der Waals surface area contributed by atoms with Crippen LogP contribution in [0.4, 0.5) is 5.69 Å². The van der Waals surface area contributed by atoms with Crippen LogP contribution in [0.2, 0.25) is 15.1 Å². The molecule has 9 heteroatoms. The van der Waals surface area contributed by atoms with Gasteiger partial charge in [0.1, 0.15) is 5.71 Å². The molecule has 2 aromatic carbocycles. The number of quaternary nitrogens is 1. The topological polar surface area (TPSA) is 49.1 Å². The first-order chi connectivity index (χ1) is 14.0. The summed E-state index contributed by atoms with van der Waals surface area (Å²) in [6, 6.07) is 12.7. The Bertz CT molecular complexity index is 929. The summed E-state index contributed by atoms with van der Waals surface area (Å²) in [6.45, 7) is 1.90. The molecule has 2 aliphatic heterocycles. The highest BCUT2D eigenvalue weighted by Gasteiger charge is 2.34. The highest BCUT2D eigenvalue weighted by molar-refractivity contribution is 6.40. The van der Waals surface area contributed by atoms with E-state index in [4.69, 9.17) is 34.8 Å². The fourth-order valence-corrected chi connectivity index (χ4v) is 4.44. The number of hydrazone groups is 1. The second kappa shape index (κ2) is 10.2. The molecule has 1 saturated heterocycles. The zero-order chi connectivity index (χ0) is 20.4. The van der Waals surface area contributed by atoms with E-state index in [2.05, 4.69) is 10.5 Å². The van der Waals surface area contributed by atoms with Gasteiger partial charge < -0.3 is 12.4 Å². The number of anilines is 1. The van der Waals surface area contributed by atoms with Crippen molar-refractivity contribution in [2.75, 3.05) is 18.1 Å². The van der Waals surface area contributed by atoms with Crippen molar-refractivity contribution in [3.05, 3.63) is 63.1 Å². The minimum Gasteiger partial charge on any atom is -1.00 e. The van der Waals surface area contributed by atoms with Crippen LogP contribution in [0.25, 0.3) is 0 Å². The van der Waals surface area contributed by atoms with Crippen molar-refractivity contribution in [2.45, 2.75) is 31.7 Å². The molecule has 0 radical (unpaired) electrons. The number of carbonyl (C=O) groups is 1. The van der Waals surface area contributed by atoms with Crippen LogP contribution in [0.5, 0.6) is 0 Å². The Labute approximate surface area is 197 Å². The summed E-state index contributed by atoms with van der Waals surface area (Å²) in [4.78, 5) is 12.9. The predicted octanol–water partition coefficient (Wildman–Crippen LogP) is 1.06. The zero-order valence-electron chi connectivity index (χ0n) is 16.2. The lowest BCUT2D eigenvalue weighted by molar-refractivity contribution is -0.940. The van der Waals surface area contributed by atoms with E-state index < -0.39 is 0 Å². The van der Waals surface area contributed by atoms with E-state index in [1.807, 2.05) is 35.3 Å². The lowest BCUT2D eigenvalue weighted by atomic mass is 10.0. The van der Waals surface area contributed by atoms with Crippen molar-refractivity contribution in [3.8, 4) is 0 Å².